The van der Waals surface area contributed by atoms with Gasteiger partial charge in [-0.25, -0.2) is 4.99 Å². The summed E-state index contributed by atoms with van der Waals surface area (Å²) in [7, 11) is 1.59. The van der Waals surface area contributed by atoms with Gasteiger partial charge in [-0.15, -0.1) is 0 Å². The first-order chi connectivity index (χ1) is 11.9. The molecule has 2 heterocycles. The molecule has 1 aliphatic rings. The first-order valence-corrected chi connectivity index (χ1v) is 7.94. The van der Waals surface area contributed by atoms with Crippen molar-refractivity contribution >= 4 is 35.1 Å². The van der Waals surface area contributed by atoms with Crippen molar-refractivity contribution in [1.82, 2.24) is 9.88 Å². The molecule has 0 saturated carbocycles. The maximum atomic E-state index is 12.3. The third-order valence-electron chi connectivity index (χ3n) is 3.86. The summed E-state index contributed by atoms with van der Waals surface area (Å²) in [5.74, 6) is -0.295. The van der Waals surface area contributed by atoms with Crippen LogP contribution in [0.4, 0.5) is 5.69 Å². The fourth-order valence-electron chi connectivity index (χ4n) is 2.46. The summed E-state index contributed by atoms with van der Waals surface area (Å²) in [6, 6.07) is 9.85. The highest BCUT2D eigenvalue weighted by molar-refractivity contribution is 6.30. The highest BCUT2D eigenvalue weighted by Crippen LogP contribution is 2.27. The molecule has 0 spiro atoms. The van der Waals surface area contributed by atoms with E-state index in [9.17, 15) is 9.59 Å². The minimum atomic E-state index is -0.373. The van der Waals surface area contributed by atoms with Gasteiger partial charge in [0.15, 0.2) is 5.96 Å². The first-order valence-electron chi connectivity index (χ1n) is 7.57. The van der Waals surface area contributed by atoms with Gasteiger partial charge in [-0.05, 0) is 29.8 Å². The average molecular weight is 358 g/mol. The largest absolute Gasteiger partial charge is 0.369 e. The average Bonchev–Trinajstić information content (AvgIpc) is 2.59. The number of nitrogens with two attached hydrogens (primary N) is 1. The number of anilines is 1. The number of rotatable bonds is 3. The van der Waals surface area contributed by atoms with Crippen LogP contribution in [0.25, 0.3) is 0 Å². The summed E-state index contributed by atoms with van der Waals surface area (Å²) >= 11 is 5.88. The van der Waals surface area contributed by atoms with E-state index in [0.717, 1.165) is 5.56 Å². The number of aromatic nitrogens is 1. The summed E-state index contributed by atoms with van der Waals surface area (Å²) < 4.78 is 0. The van der Waals surface area contributed by atoms with Crippen LogP contribution in [0.15, 0.2) is 47.6 Å². The highest BCUT2D eigenvalue weighted by Gasteiger charge is 2.25. The van der Waals surface area contributed by atoms with Crippen LogP contribution in [0.1, 0.15) is 28.5 Å². The number of aliphatic imine (C=N–C) groups is 1. The van der Waals surface area contributed by atoms with Gasteiger partial charge in [0.2, 0.25) is 5.91 Å². The van der Waals surface area contributed by atoms with E-state index in [0.29, 0.717) is 10.7 Å². The van der Waals surface area contributed by atoms with Crippen LogP contribution in [-0.2, 0) is 4.79 Å². The van der Waals surface area contributed by atoms with E-state index in [1.165, 1.54) is 17.2 Å². The number of halogens is 1. The Balaban J connectivity index is 1.80. The van der Waals surface area contributed by atoms with Crippen molar-refractivity contribution in [2.24, 2.45) is 10.7 Å². The molecule has 0 fully saturated rings. The second kappa shape index (κ2) is 6.90. The van der Waals surface area contributed by atoms with Gasteiger partial charge in [-0.2, -0.15) is 0 Å². The zero-order valence-electron chi connectivity index (χ0n) is 13.4. The van der Waals surface area contributed by atoms with E-state index < -0.39 is 0 Å². The molecule has 3 N–H and O–H groups in total. The molecule has 1 aromatic carbocycles. The molecular formula is C17H16ClN5O2. The Hall–Kier alpha value is -2.93. The molecule has 2 aromatic rings. The van der Waals surface area contributed by atoms with E-state index in [1.54, 1.807) is 31.3 Å². The van der Waals surface area contributed by atoms with Gasteiger partial charge >= 0.3 is 0 Å². The Labute approximate surface area is 149 Å². The lowest BCUT2D eigenvalue weighted by Gasteiger charge is -2.25. The molecule has 3 rings (SSSR count). The summed E-state index contributed by atoms with van der Waals surface area (Å²) in [5.41, 5.74) is 7.35. The smallest absolute Gasteiger partial charge is 0.274 e. The van der Waals surface area contributed by atoms with Gasteiger partial charge in [0.05, 0.1) is 12.5 Å². The van der Waals surface area contributed by atoms with Crippen molar-refractivity contribution in [2.45, 2.75) is 12.5 Å². The molecular weight excluding hydrogens is 342 g/mol. The SMILES string of the molecule is CN1C(=O)CC(c2cccc(NC(=O)c3cc(Cl)ccn3)c2)N=C1N. The van der Waals surface area contributed by atoms with E-state index >= 15 is 0 Å². The van der Waals surface area contributed by atoms with Gasteiger partial charge < -0.3 is 11.1 Å². The van der Waals surface area contributed by atoms with Crippen LogP contribution in [-0.4, -0.2) is 34.7 Å². The number of guanidine groups is 1. The topological polar surface area (TPSA) is 101 Å². The van der Waals surface area contributed by atoms with Crippen LogP contribution in [0.5, 0.6) is 0 Å². The van der Waals surface area contributed by atoms with Gasteiger partial charge in [0.25, 0.3) is 5.91 Å². The Morgan fingerprint density at radius 1 is 1.36 bits per heavy atom. The summed E-state index contributed by atoms with van der Waals surface area (Å²) in [5, 5.41) is 3.19. The van der Waals surface area contributed by atoms with Crippen LogP contribution in [0, 0.1) is 0 Å². The normalized spacial score (nSPS) is 17.2. The maximum Gasteiger partial charge on any atom is 0.274 e. The van der Waals surface area contributed by atoms with E-state index in [2.05, 4.69) is 15.3 Å². The van der Waals surface area contributed by atoms with Gasteiger partial charge in [-0.1, -0.05) is 23.7 Å². The predicted octanol–water partition coefficient (Wildman–Crippen LogP) is 2.21. The maximum absolute atomic E-state index is 12.3. The standard InChI is InChI=1S/C17H16ClN5O2/c1-23-15(24)9-13(22-17(23)19)10-3-2-4-12(7-10)21-16(25)14-8-11(18)5-6-20-14/h2-8,13H,9H2,1H3,(H2,19,22)(H,21,25). The van der Waals surface area contributed by atoms with Gasteiger partial charge in [-0.3, -0.25) is 19.5 Å². The third kappa shape index (κ3) is 3.77. The zero-order valence-corrected chi connectivity index (χ0v) is 14.2. The minimum Gasteiger partial charge on any atom is -0.369 e. The number of carbonyl (C=O) groups excluding carboxylic acids is 2. The number of nitrogens with one attached hydrogen (secondary N) is 1. The van der Waals surface area contributed by atoms with E-state index in [1.807, 2.05) is 6.07 Å². The number of carbonyl (C=O) groups is 2. The minimum absolute atomic E-state index is 0.102. The lowest BCUT2D eigenvalue weighted by atomic mass is 10.0. The molecule has 7 nitrogen and oxygen atoms in total. The number of amides is 2. The molecule has 128 valence electrons. The molecule has 8 heteroatoms. The Bertz CT molecular complexity index is 868. The van der Waals surface area contributed by atoms with Crippen LogP contribution < -0.4 is 11.1 Å². The van der Waals surface area contributed by atoms with Crippen molar-refractivity contribution < 1.29 is 9.59 Å². The van der Waals surface area contributed by atoms with Crippen LogP contribution >= 0.6 is 11.6 Å². The van der Waals surface area contributed by atoms with Crippen LogP contribution in [0.3, 0.4) is 0 Å². The molecule has 0 radical (unpaired) electrons. The second-order valence-corrected chi connectivity index (χ2v) is 6.04. The fraction of sp³-hybridized carbons (Fsp3) is 0.176. The van der Waals surface area contributed by atoms with Crippen molar-refractivity contribution in [3.8, 4) is 0 Å². The first kappa shape index (κ1) is 16.9. The predicted molar refractivity (Wildman–Crippen MR) is 95.4 cm³/mol. The monoisotopic (exact) mass is 357 g/mol. The molecule has 0 bridgehead atoms. The molecule has 1 aromatic heterocycles. The number of nitrogens with zero attached hydrogens (tertiary/aromatic N) is 3. The number of benzene rings is 1. The second-order valence-electron chi connectivity index (χ2n) is 5.60. The molecule has 2 amide bonds. The quantitative estimate of drug-likeness (QED) is 0.879. The summed E-state index contributed by atoms with van der Waals surface area (Å²) in [6.45, 7) is 0. The third-order valence-corrected chi connectivity index (χ3v) is 4.09. The Kier molecular flexibility index (Phi) is 4.67. The molecule has 1 unspecified atom stereocenters. The van der Waals surface area contributed by atoms with Gasteiger partial charge in [0, 0.05) is 24.0 Å². The lowest BCUT2D eigenvalue weighted by molar-refractivity contribution is -0.127. The van der Waals surface area contributed by atoms with Crippen LogP contribution in [0.2, 0.25) is 5.02 Å². The summed E-state index contributed by atoms with van der Waals surface area (Å²) in [4.78, 5) is 33.9. The van der Waals surface area contributed by atoms with Crippen molar-refractivity contribution in [2.75, 3.05) is 12.4 Å². The highest BCUT2D eigenvalue weighted by atomic mass is 35.5. The van der Waals surface area contributed by atoms with Crippen molar-refractivity contribution in [3.63, 3.8) is 0 Å². The van der Waals surface area contributed by atoms with Crippen molar-refractivity contribution in [3.05, 3.63) is 58.9 Å². The molecule has 0 aliphatic carbocycles. The summed E-state index contributed by atoms with van der Waals surface area (Å²) in [6.07, 6.45) is 1.69. The van der Waals surface area contributed by atoms with E-state index in [-0.39, 0.29) is 35.9 Å². The van der Waals surface area contributed by atoms with Gasteiger partial charge in [0.1, 0.15) is 5.69 Å². The zero-order chi connectivity index (χ0) is 18.0. The fourth-order valence-corrected chi connectivity index (χ4v) is 2.62. The number of pyridine rings is 1. The molecule has 0 saturated heterocycles. The number of hydrogen-bond donors (Lipinski definition) is 2. The molecule has 1 aliphatic heterocycles. The Morgan fingerprint density at radius 2 is 2.16 bits per heavy atom. The van der Waals surface area contributed by atoms with Crippen molar-refractivity contribution in [1.29, 1.82) is 0 Å². The lowest BCUT2D eigenvalue weighted by Crippen LogP contribution is -2.42. The molecule has 25 heavy (non-hydrogen) atoms. The molecule has 1 atom stereocenters. The number of hydrogen-bond acceptors (Lipinski definition) is 5. The Morgan fingerprint density at radius 3 is 2.88 bits per heavy atom. The van der Waals surface area contributed by atoms with E-state index in [4.69, 9.17) is 17.3 Å².